The molecule has 4 aliphatic carbocycles. The Kier molecular flexibility index (Phi) is 7.64. The summed E-state index contributed by atoms with van der Waals surface area (Å²) >= 11 is 0. The number of halogens is 7. The van der Waals surface area contributed by atoms with Crippen LogP contribution in [0.5, 0.6) is 0 Å². The molecular formula is C31H34F7N. The Morgan fingerprint density at radius 3 is 2.36 bits per heavy atom. The predicted octanol–water partition coefficient (Wildman–Crippen LogP) is 8.92. The molecule has 6 atom stereocenters. The Morgan fingerprint density at radius 1 is 0.923 bits per heavy atom. The van der Waals surface area contributed by atoms with E-state index >= 15 is 0 Å². The summed E-state index contributed by atoms with van der Waals surface area (Å²) < 4.78 is 99.1. The molecule has 8 heteroatoms. The van der Waals surface area contributed by atoms with Crippen LogP contribution in [0.4, 0.5) is 30.7 Å². The minimum Gasteiger partial charge on any atom is -0.307 e. The maximum Gasteiger partial charge on any atom is 0.195 e. The first kappa shape index (κ1) is 28.2. The second-order valence-corrected chi connectivity index (χ2v) is 12.3. The molecule has 1 aromatic carbocycles. The predicted molar refractivity (Wildman–Crippen MR) is 138 cm³/mol. The van der Waals surface area contributed by atoms with Crippen LogP contribution >= 0.6 is 0 Å². The molecule has 212 valence electrons. The van der Waals surface area contributed by atoms with Crippen molar-refractivity contribution in [1.82, 2.24) is 5.32 Å². The lowest BCUT2D eigenvalue weighted by molar-refractivity contribution is 0.134. The molecule has 0 aliphatic heterocycles. The van der Waals surface area contributed by atoms with Crippen molar-refractivity contribution in [3.8, 4) is 0 Å². The topological polar surface area (TPSA) is 12.0 Å². The van der Waals surface area contributed by atoms with Crippen LogP contribution in [0, 0.1) is 41.1 Å². The van der Waals surface area contributed by atoms with E-state index in [1.807, 2.05) is 0 Å². The van der Waals surface area contributed by atoms with Crippen LogP contribution in [0.15, 0.2) is 47.9 Å². The molecule has 3 saturated carbocycles. The number of benzene rings is 1. The minimum atomic E-state index is -2.18. The molecule has 4 bridgehead atoms. The summed E-state index contributed by atoms with van der Waals surface area (Å²) in [6.45, 7) is 9.43. The van der Waals surface area contributed by atoms with E-state index in [1.165, 1.54) is 13.0 Å². The highest BCUT2D eigenvalue weighted by Gasteiger charge is 2.49. The van der Waals surface area contributed by atoms with Gasteiger partial charge in [0, 0.05) is 24.1 Å². The highest BCUT2D eigenvalue weighted by Crippen LogP contribution is 2.54. The molecule has 0 saturated heterocycles. The van der Waals surface area contributed by atoms with Gasteiger partial charge in [0.05, 0.1) is 0 Å². The summed E-state index contributed by atoms with van der Waals surface area (Å²) in [4.78, 5) is 0. The standard InChI is InChI=1S/C31H34F7N/c1-15(2)22-9-20(25(33)29(37)27(22)35)6-16(3)23-8-18-7-17-4-5-19(23)13-31(11-17,12-18)39-14-21-10-24(32)28(36)30(38)26(21)34/h9,17-19,23-24,39H,1,3-8,10-14H2,2H3. The van der Waals surface area contributed by atoms with E-state index in [9.17, 15) is 30.7 Å². The van der Waals surface area contributed by atoms with Gasteiger partial charge in [0.1, 0.15) is 0 Å². The Labute approximate surface area is 224 Å². The van der Waals surface area contributed by atoms with Crippen molar-refractivity contribution in [2.75, 3.05) is 6.54 Å². The zero-order valence-corrected chi connectivity index (χ0v) is 22.1. The molecule has 0 heterocycles. The number of fused-ring (bicyclic) bond motifs is 3. The summed E-state index contributed by atoms with van der Waals surface area (Å²) in [6, 6.07) is 1.32. The lowest BCUT2D eigenvalue weighted by Crippen LogP contribution is -2.50. The molecular weight excluding hydrogens is 519 g/mol. The molecule has 5 rings (SSSR count). The second-order valence-electron chi connectivity index (χ2n) is 12.3. The van der Waals surface area contributed by atoms with E-state index in [-0.39, 0.29) is 47.0 Å². The number of hydrogen-bond donors (Lipinski definition) is 1. The Balaban J connectivity index is 1.37. The van der Waals surface area contributed by atoms with E-state index in [2.05, 4.69) is 18.5 Å². The maximum atomic E-state index is 14.8. The first-order chi connectivity index (χ1) is 18.4. The van der Waals surface area contributed by atoms with Gasteiger partial charge in [0.25, 0.3) is 0 Å². The van der Waals surface area contributed by atoms with Gasteiger partial charge in [-0.05, 0) is 98.3 Å². The van der Waals surface area contributed by atoms with Crippen molar-refractivity contribution in [2.24, 2.45) is 23.7 Å². The minimum absolute atomic E-state index is 0.0360. The summed E-state index contributed by atoms with van der Waals surface area (Å²) in [5.41, 5.74) is 0.602. The normalized spacial score (nSPS) is 32.5. The highest BCUT2D eigenvalue weighted by molar-refractivity contribution is 5.63. The van der Waals surface area contributed by atoms with Gasteiger partial charge >= 0.3 is 0 Å². The summed E-state index contributed by atoms with van der Waals surface area (Å²) in [5, 5.41) is 3.45. The highest BCUT2D eigenvalue weighted by atomic mass is 19.2. The van der Waals surface area contributed by atoms with E-state index in [0.717, 1.165) is 50.5 Å². The number of rotatable bonds is 7. The average Bonchev–Trinajstić information content (AvgIpc) is 3.09. The van der Waals surface area contributed by atoms with Gasteiger partial charge in [-0.3, -0.25) is 0 Å². The monoisotopic (exact) mass is 553 g/mol. The SMILES string of the molecule is C=C(C)c1cc(CC(=C)C2CC3CC4CCC2CC(NCC2=C(F)C(F)=C(F)C(F)C2)(C4)C3)c(F)c(F)c1F. The zero-order chi connectivity index (χ0) is 28.2. The van der Waals surface area contributed by atoms with E-state index in [4.69, 9.17) is 0 Å². The first-order valence-electron chi connectivity index (χ1n) is 13.7. The molecule has 1 aromatic rings. The first-order valence-corrected chi connectivity index (χ1v) is 13.7. The third-order valence-corrected chi connectivity index (χ3v) is 9.49. The Bertz CT molecular complexity index is 1260. The van der Waals surface area contributed by atoms with Crippen molar-refractivity contribution >= 4 is 5.57 Å². The van der Waals surface area contributed by atoms with Gasteiger partial charge in [-0.2, -0.15) is 0 Å². The molecule has 1 nitrogen and oxygen atoms in total. The average molecular weight is 554 g/mol. The van der Waals surface area contributed by atoms with Crippen LogP contribution < -0.4 is 5.32 Å². The molecule has 0 aromatic heterocycles. The second kappa shape index (κ2) is 10.6. The fourth-order valence-electron chi connectivity index (χ4n) is 7.77. The molecule has 3 fully saturated rings. The third kappa shape index (κ3) is 5.25. The number of hydrogen-bond acceptors (Lipinski definition) is 1. The zero-order valence-electron chi connectivity index (χ0n) is 22.1. The molecule has 6 unspecified atom stereocenters. The van der Waals surface area contributed by atoms with Crippen molar-refractivity contribution in [2.45, 2.75) is 76.4 Å². The van der Waals surface area contributed by atoms with Crippen LogP contribution in [0.25, 0.3) is 5.57 Å². The number of allylic oxidation sites excluding steroid dienone is 5. The smallest absolute Gasteiger partial charge is 0.195 e. The lowest BCUT2D eigenvalue weighted by atomic mass is 9.68. The summed E-state index contributed by atoms with van der Waals surface area (Å²) in [6.07, 6.45) is 3.56. The van der Waals surface area contributed by atoms with Crippen molar-refractivity contribution in [1.29, 1.82) is 0 Å². The van der Waals surface area contributed by atoms with Crippen LogP contribution in [0.1, 0.15) is 69.4 Å². The van der Waals surface area contributed by atoms with Crippen LogP contribution in [-0.4, -0.2) is 18.3 Å². The molecule has 0 spiro atoms. The van der Waals surface area contributed by atoms with Crippen LogP contribution in [0.3, 0.4) is 0 Å². The third-order valence-electron chi connectivity index (χ3n) is 9.49. The fourth-order valence-corrected chi connectivity index (χ4v) is 7.77. The fraction of sp³-hybridized carbons (Fsp3) is 0.548. The van der Waals surface area contributed by atoms with Gasteiger partial charge < -0.3 is 5.32 Å². The Morgan fingerprint density at radius 2 is 1.64 bits per heavy atom. The van der Waals surface area contributed by atoms with Crippen molar-refractivity contribution in [3.05, 3.63) is 76.4 Å². The summed E-state index contributed by atoms with van der Waals surface area (Å²) in [7, 11) is 0. The van der Waals surface area contributed by atoms with Gasteiger partial charge in [-0.15, -0.1) is 0 Å². The Hall–Kier alpha value is -2.35. The van der Waals surface area contributed by atoms with Gasteiger partial charge in [0.15, 0.2) is 41.1 Å². The van der Waals surface area contributed by atoms with Crippen LogP contribution in [0.2, 0.25) is 0 Å². The van der Waals surface area contributed by atoms with Gasteiger partial charge in [-0.25, -0.2) is 30.7 Å². The quantitative estimate of drug-likeness (QED) is 0.202. The van der Waals surface area contributed by atoms with Crippen molar-refractivity contribution < 1.29 is 30.7 Å². The molecule has 1 N–H and O–H groups in total. The molecule has 4 aliphatic rings. The lowest BCUT2D eigenvalue weighted by Gasteiger charge is -2.43. The van der Waals surface area contributed by atoms with Crippen molar-refractivity contribution in [3.63, 3.8) is 0 Å². The van der Waals surface area contributed by atoms with E-state index < -0.39 is 47.5 Å². The summed E-state index contributed by atoms with van der Waals surface area (Å²) in [5.74, 6) is -7.72. The van der Waals surface area contributed by atoms with Gasteiger partial charge in [-0.1, -0.05) is 25.2 Å². The largest absolute Gasteiger partial charge is 0.307 e. The van der Waals surface area contributed by atoms with Gasteiger partial charge in [0.2, 0.25) is 0 Å². The molecule has 39 heavy (non-hydrogen) atoms. The number of alkyl halides is 1. The van der Waals surface area contributed by atoms with E-state index in [0.29, 0.717) is 17.4 Å². The van der Waals surface area contributed by atoms with E-state index in [1.54, 1.807) is 0 Å². The molecule has 0 amide bonds. The number of nitrogens with one attached hydrogen (secondary N) is 1. The van der Waals surface area contributed by atoms with Crippen LogP contribution in [-0.2, 0) is 6.42 Å². The maximum absolute atomic E-state index is 14.8. The molecule has 0 radical (unpaired) electrons.